The molecular formula is C8H10ClNO3S. The number of nitrogen functional groups attached to an aromatic ring is 1. The van der Waals surface area contributed by atoms with Gasteiger partial charge in [0.25, 0.3) is 0 Å². The molecule has 0 atom stereocenters. The van der Waals surface area contributed by atoms with Gasteiger partial charge >= 0.3 is 0 Å². The minimum absolute atomic E-state index is 0.000941. The first-order valence-electron chi connectivity index (χ1n) is 3.74. The number of methoxy groups -OCH3 is 1. The van der Waals surface area contributed by atoms with Crippen molar-refractivity contribution in [1.82, 2.24) is 0 Å². The Morgan fingerprint density at radius 1 is 1.50 bits per heavy atom. The Morgan fingerprint density at radius 2 is 2.14 bits per heavy atom. The molecule has 0 aliphatic heterocycles. The third kappa shape index (κ3) is 2.37. The summed E-state index contributed by atoms with van der Waals surface area (Å²) in [6, 6.07) is 4.30. The summed E-state index contributed by atoms with van der Waals surface area (Å²) in [6.07, 6.45) is 0. The molecule has 0 radical (unpaired) electrons. The molecule has 0 unspecified atom stereocenters. The lowest BCUT2D eigenvalue weighted by Crippen LogP contribution is -2.09. The van der Waals surface area contributed by atoms with Gasteiger partial charge in [-0.15, -0.1) is 0 Å². The molecule has 0 aliphatic carbocycles. The lowest BCUT2D eigenvalue weighted by atomic mass is 10.3. The molecule has 1 aromatic carbocycles. The maximum absolute atomic E-state index is 11.5. The molecule has 0 aliphatic rings. The average Bonchev–Trinajstić information content (AvgIpc) is 2.09. The van der Waals surface area contributed by atoms with Crippen LogP contribution in [0, 0.1) is 0 Å². The van der Waals surface area contributed by atoms with Crippen LogP contribution >= 0.6 is 11.6 Å². The number of sulfone groups is 1. The van der Waals surface area contributed by atoms with Crippen LogP contribution < -0.4 is 5.73 Å². The quantitative estimate of drug-likeness (QED) is 0.802. The third-order valence-corrected chi connectivity index (χ3v) is 3.56. The first kappa shape index (κ1) is 11.3. The second-order valence-corrected chi connectivity index (χ2v) is 5.02. The summed E-state index contributed by atoms with van der Waals surface area (Å²) in [7, 11) is -2.19. The van der Waals surface area contributed by atoms with Gasteiger partial charge in [-0.05, 0) is 18.2 Å². The Balaban J connectivity index is 3.25. The molecule has 0 aromatic heterocycles. The molecular weight excluding hydrogens is 226 g/mol. The predicted molar refractivity (Wildman–Crippen MR) is 54.9 cm³/mol. The zero-order valence-electron chi connectivity index (χ0n) is 7.53. The Bertz CT molecular complexity index is 430. The van der Waals surface area contributed by atoms with E-state index < -0.39 is 15.8 Å². The van der Waals surface area contributed by atoms with Crippen molar-refractivity contribution in [3.63, 3.8) is 0 Å². The van der Waals surface area contributed by atoms with Crippen LogP contribution in [0.4, 0.5) is 5.69 Å². The number of rotatable bonds is 3. The van der Waals surface area contributed by atoms with Crippen molar-refractivity contribution >= 4 is 27.1 Å². The highest BCUT2D eigenvalue weighted by Gasteiger charge is 2.17. The van der Waals surface area contributed by atoms with E-state index in [0.29, 0.717) is 5.69 Å². The van der Waals surface area contributed by atoms with E-state index in [4.69, 9.17) is 17.3 Å². The highest BCUT2D eigenvalue weighted by atomic mass is 35.5. The third-order valence-electron chi connectivity index (χ3n) is 1.56. The van der Waals surface area contributed by atoms with Crippen LogP contribution in [0.15, 0.2) is 23.1 Å². The van der Waals surface area contributed by atoms with Gasteiger partial charge in [0.05, 0.1) is 9.92 Å². The highest BCUT2D eigenvalue weighted by molar-refractivity contribution is 7.91. The van der Waals surface area contributed by atoms with Gasteiger partial charge < -0.3 is 10.5 Å². The number of halogens is 1. The maximum atomic E-state index is 11.5. The van der Waals surface area contributed by atoms with Gasteiger partial charge in [0.1, 0.15) is 0 Å². The van der Waals surface area contributed by atoms with Crippen LogP contribution in [0.25, 0.3) is 0 Å². The first-order valence-corrected chi connectivity index (χ1v) is 5.77. The number of hydrogen-bond acceptors (Lipinski definition) is 4. The molecule has 4 nitrogen and oxygen atoms in total. The second-order valence-electron chi connectivity index (χ2n) is 2.71. The van der Waals surface area contributed by atoms with E-state index in [1.165, 1.54) is 25.3 Å². The number of anilines is 1. The van der Waals surface area contributed by atoms with Gasteiger partial charge in [0, 0.05) is 12.8 Å². The largest absolute Gasteiger partial charge is 0.399 e. The molecule has 0 bridgehead atoms. The van der Waals surface area contributed by atoms with E-state index in [9.17, 15) is 8.42 Å². The smallest absolute Gasteiger partial charge is 0.203 e. The van der Waals surface area contributed by atoms with Crippen molar-refractivity contribution in [1.29, 1.82) is 0 Å². The minimum Gasteiger partial charge on any atom is -0.399 e. The summed E-state index contributed by atoms with van der Waals surface area (Å²) in [4.78, 5) is 0.000941. The molecule has 1 aromatic rings. The molecule has 0 fully saturated rings. The Morgan fingerprint density at radius 3 is 2.71 bits per heavy atom. The maximum Gasteiger partial charge on any atom is 0.203 e. The first-order chi connectivity index (χ1) is 6.47. The normalized spacial score (nSPS) is 11.6. The molecule has 0 amide bonds. The number of nitrogens with two attached hydrogens (primary N) is 1. The van der Waals surface area contributed by atoms with Crippen molar-refractivity contribution in [3.05, 3.63) is 23.2 Å². The fourth-order valence-electron chi connectivity index (χ4n) is 0.977. The Hall–Kier alpha value is -0.780. The van der Waals surface area contributed by atoms with Crippen molar-refractivity contribution in [2.45, 2.75) is 4.90 Å². The van der Waals surface area contributed by atoms with Crippen LogP contribution in [0.1, 0.15) is 0 Å². The van der Waals surface area contributed by atoms with E-state index in [-0.39, 0.29) is 9.92 Å². The van der Waals surface area contributed by atoms with Crippen molar-refractivity contribution in [2.24, 2.45) is 0 Å². The van der Waals surface area contributed by atoms with E-state index >= 15 is 0 Å². The van der Waals surface area contributed by atoms with Gasteiger partial charge in [-0.2, -0.15) is 0 Å². The van der Waals surface area contributed by atoms with Gasteiger partial charge in [-0.25, -0.2) is 8.42 Å². The van der Waals surface area contributed by atoms with Crippen LogP contribution in [-0.4, -0.2) is 21.5 Å². The number of hydrogen-bond donors (Lipinski definition) is 1. The van der Waals surface area contributed by atoms with E-state index in [0.717, 1.165) is 0 Å². The average molecular weight is 236 g/mol. The lowest BCUT2D eigenvalue weighted by Gasteiger charge is -2.05. The van der Waals surface area contributed by atoms with Crippen LogP contribution in [0.2, 0.25) is 5.02 Å². The Kier molecular flexibility index (Phi) is 3.36. The molecule has 6 heteroatoms. The van der Waals surface area contributed by atoms with E-state index in [2.05, 4.69) is 4.74 Å². The van der Waals surface area contributed by atoms with E-state index in [1.807, 2.05) is 0 Å². The van der Waals surface area contributed by atoms with Crippen molar-refractivity contribution in [2.75, 3.05) is 18.8 Å². The number of benzene rings is 1. The SMILES string of the molecule is COCS(=O)(=O)c1cc(N)ccc1Cl. The molecule has 0 heterocycles. The fraction of sp³-hybridized carbons (Fsp3) is 0.250. The summed E-state index contributed by atoms with van der Waals surface area (Å²) < 4.78 is 27.6. The van der Waals surface area contributed by atoms with Gasteiger partial charge in [0.2, 0.25) is 9.84 Å². The summed E-state index contributed by atoms with van der Waals surface area (Å²) in [5, 5.41) is 0.149. The number of ether oxygens (including phenoxy) is 1. The molecule has 0 spiro atoms. The van der Waals surface area contributed by atoms with Gasteiger partial charge in [-0.1, -0.05) is 11.6 Å². The van der Waals surface area contributed by atoms with Gasteiger partial charge in [0.15, 0.2) is 5.94 Å². The summed E-state index contributed by atoms with van der Waals surface area (Å²) in [5.41, 5.74) is 5.81. The second kappa shape index (κ2) is 4.16. The minimum atomic E-state index is -3.50. The summed E-state index contributed by atoms with van der Waals surface area (Å²) >= 11 is 5.73. The molecule has 14 heavy (non-hydrogen) atoms. The topological polar surface area (TPSA) is 69.4 Å². The van der Waals surface area contributed by atoms with Gasteiger partial charge in [-0.3, -0.25) is 0 Å². The van der Waals surface area contributed by atoms with Crippen molar-refractivity contribution < 1.29 is 13.2 Å². The monoisotopic (exact) mass is 235 g/mol. The highest BCUT2D eigenvalue weighted by Crippen LogP contribution is 2.24. The predicted octanol–water partition coefficient (Wildman–Crippen LogP) is 1.30. The zero-order valence-corrected chi connectivity index (χ0v) is 9.10. The molecule has 0 saturated carbocycles. The van der Waals surface area contributed by atoms with E-state index in [1.54, 1.807) is 0 Å². The van der Waals surface area contributed by atoms with Crippen LogP contribution in [0.5, 0.6) is 0 Å². The summed E-state index contributed by atoms with van der Waals surface area (Å²) in [6.45, 7) is 0. The zero-order chi connectivity index (χ0) is 10.8. The molecule has 0 saturated heterocycles. The lowest BCUT2D eigenvalue weighted by molar-refractivity contribution is 0.250. The molecule has 2 N–H and O–H groups in total. The standard InChI is InChI=1S/C8H10ClNO3S/c1-13-5-14(11,12)8-4-6(10)2-3-7(8)9/h2-4H,5,10H2,1H3. The van der Waals surface area contributed by atoms with Crippen LogP contribution in [-0.2, 0) is 14.6 Å². The summed E-state index contributed by atoms with van der Waals surface area (Å²) in [5.74, 6) is -0.407. The van der Waals surface area contributed by atoms with Crippen molar-refractivity contribution in [3.8, 4) is 0 Å². The molecule has 1 rings (SSSR count). The van der Waals surface area contributed by atoms with Crippen LogP contribution in [0.3, 0.4) is 0 Å². The fourth-order valence-corrected chi connectivity index (χ4v) is 2.57. The Labute approximate surface area is 87.5 Å². The molecule has 78 valence electrons.